The van der Waals surface area contributed by atoms with E-state index in [9.17, 15) is 18.0 Å². The summed E-state index contributed by atoms with van der Waals surface area (Å²) in [5.41, 5.74) is -1.02. The molecule has 0 aromatic heterocycles. The van der Waals surface area contributed by atoms with E-state index in [-0.39, 0.29) is 30.8 Å². The highest BCUT2D eigenvalue weighted by Crippen LogP contribution is 2.36. The fraction of sp³-hybridized carbons (Fsp3) is 0.619. The summed E-state index contributed by atoms with van der Waals surface area (Å²) in [6, 6.07) is 4.98. The molecule has 0 spiro atoms. The van der Waals surface area contributed by atoms with Gasteiger partial charge in [-0.3, -0.25) is 14.5 Å². The SMILES string of the molecule is CCS(=O)(=O)N1CC(=O)N(c2cc(OC)cc(OC)c2)C(C)(C(=O)NC2CCCC2)C1. The van der Waals surface area contributed by atoms with Crippen molar-refractivity contribution in [3.8, 4) is 11.5 Å². The lowest BCUT2D eigenvalue weighted by atomic mass is 9.93. The number of carbonyl (C=O) groups excluding carboxylic acids is 2. The minimum atomic E-state index is -3.66. The lowest BCUT2D eigenvalue weighted by Gasteiger charge is -2.47. The summed E-state index contributed by atoms with van der Waals surface area (Å²) in [6.45, 7) is 2.67. The molecular weight excluding hydrogens is 422 g/mol. The smallest absolute Gasteiger partial charge is 0.247 e. The number of benzene rings is 1. The highest BCUT2D eigenvalue weighted by Gasteiger charge is 2.51. The molecule has 1 aliphatic carbocycles. The zero-order chi connectivity index (χ0) is 22.8. The lowest BCUT2D eigenvalue weighted by Crippen LogP contribution is -2.70. The molecule has 0 radical (unpaired) electrons. The minimum absolute atomic E-state index is 0.0271. The number of hydrogen-bond donors (Lipinski definition) is 1. The molecule has 2 fully saturated rings. The summed E-state index contributed by atoms with van der Waals surface area (Å²) >= 11 is 0. The summed E-state index contributed by atoms with van der Waals surface area (Å²) in [4.78, 5) is 28.1. The topological polar surface area (TPSA) is 105 Å². The number of carbonyl (C=O) groups is 2. The third-order valence-corrected chi connectivity index (χ3v) is 7.85. The van der Waals surface area contributed by atoms with Crippen LogP contribution in [0.2, 0.25) is 0 Å². The third-order valence-electron chi connectivity index (χ3n) is 6.07. The van der Waals surface area contributed by atoms with E-state index in [4.69, 9.17) is 9.47 Å². The summed E-state index contributed by atoms with van der Waals surface area (Å²) in [6.07, 6.45) is 3.82. The number of piperazine rings is 1. The summed E-state index contributed by atoms with van der Waals surface area (Å²) in [7, 11) is -0.664. The van der Waals surface area contributed by atoms with Crippen LogP contribution in [0.5, 0.6) is 11.5 Å². The van der Waals surface area contributed by atoms with Crippen molar-refractivity contribution in [3.05, 3.63) is 18.2 Å². The van der Waals surface area contributed by atoms with Gasteiger partial charge in [-0.2, -0.15) is 4.31 Å². The second-order valence-corrected chi connectivity index (χ2v) is 10.5. The first-order valence-electron chi connectivity index (χ1n) is 10.5. The Hall–Kier alpha value is -2.33. The Bertz CT molecular complexity index is 922. The summed E-state index contributed by atoms with van der Waals surface area (Å²) in [5, 5.41) is 3.04. The largest absolute Gasteiger partial charge is 0.497 e. The molecule has 9 nitrogen and oxygen atoms in total. The van der Waals surface area contributed by atoms with E-state index in [1.54, 1.807) is 25.1 Å². The van der Waals surface area contributed by atoms with Gasteiger partial charge in [0.1, 0.15) is 17.0 Å². The van der Waals surface area contributed by atoms with Gasteiger partial charge in [0.2, 0.25) is 21.8 Å². The van der Waals surface area contributed by atoms with Crippen LogP contribution < -0.4 is 19.7 Å². The third kappa shape index (κ3) is 4.64. The number of sulfonamides is 1. The fourth-order valence-electron chi connectivity index (χ4n) is 4.28. The number of anilines is 1. The Morgan fingerprint density at radius 1 is 1.16 bits per heavy atom. The minimum Gasteiger partial charge on any atom is -0.497 e. The maximum atomic E-state index is 13.5. The molecule has 1 saturated carbocycles. The quantitative estimate of drug-likeness (QED) is 0.671. The van der Waals surface area contributed by atoms with E-state index < -0.39 is 21.5 Å². The van der Waals surface area contributed by atoms with Gasteiger partial charge in [-0.1, -0.05) is 12.8 Å². The van der Waals surface area contributed by atoms with Crippen molar-refractivity contribution in [3.63, 3.8) is 0 Å². The van der Waals surface area contributed by atoms with Crippen molar-refractivity contribution in [2.45, 2.75) is 51.1 Å². The van der Waals surface area contributed by atoms with Crippen molar-refractivity contribution in [2.24, 2.45) is 0 Å². The Kier molecular flexibility index (Phi) is 6.80. The molecule has 1 aromatic rings. The summed E-state index contributed by atoms with van der Waals surface area (Å²) < 4.78 is 36.9. The lowest BCUT2D eigenvalue weighted by molar-refractivity contribution is -0.133. The van der Waals surface area contributed by atoms with Gasteiger partial charge >= 0.3 is 0 Å². The number of ether oxygens (including phenoxy) is 2. The Morgan fingerprint density at radius 3 is 2.26 bits per heavy atom. The normalized spacial score (nSPS) is 23.1. The maximum absolute atomic E-state index is 13.5. The van der Waals surface area contributed by atoms with Gasteiger partial charge in [0.25, 0.3) is 0 Å². The molecule has 31 heavy (non-hydrogen) atoms. The average Bonchev–Trinajstić information content (AvgIpc) is 3.25. The number of hydrogen-bond acceptors (Lipinski definition) is 6. The second kappa shape index (κ2) is 9.04. The summed E-state index contributed by atoms with van der Waals surface area (Å²) in [5.74, 6) is -0.0741. The first-order chi connectivity index (χ1) is 14.6. The predicted molar refractivity (Wildman–Crippen MR) is 117 cm³/mol. The van der Waals surface area contributed by atoms with Crippen molar-refractivity contribution in [2.75, 3.05) is 38.0 Å². The van der Waals surface area contributed by atoms with Crippen molar-refractivity contribution >= 4 is 27.5 Å². The fourth-order valence-corrected chi connectivity index (χ4v) is 5.40. The van der Waals surface area contributed by atoms with Crippen LogP contribution in [0, 0.1) is 0 Å². The Morgan fingerprint density at radius 2 is 1.74 bits per heavy atom. The number of methoxy groups -OCH3 is 2. The molecular formula is C21H31N3O6S. The molecule has 1 heterocycles. The molecule has 0 bridgehead atoms. The van der Waals surface area contributed by atoms with E-state index in [0.29, 0.717) is 17.2 Å². The molecule has 2 aliphatic rings. The number of nitrogens with zero attached hydrogens (tertiary/aromatic N) is 2. The van der Waals surface area contributed by atoms with Gasteiger partial charge in [0, 0.05) is 30.8 Å². The van der Waals surface area contributed by atoms with Crippen LogP contribution in [0.25, 0.3) is 0 Å². The molecule has 3 rings (SSSR count). The van der Waals surface area contributed by atoms with Crippen molar-refractivity contribution in [1.29, 1.82) is 0 Å². The van der Waals surface area contributed by atoms with Gasteiger partial charge in [0.15, 0.2) is 0 Å². The first-order valence-corrected chi connectivity index (χ1v) is 12.1. The molecule has 172 valence electrons. The molecule has 2 amide bonds. The van der Waals surface area contributed by atoms with E-state index >= 15 is 0 Å². The van der Waals surface area contributed by atoms with E-state index in [1.165, 1.54) is 26.0 Å². The van der Waals surface area contributed by atoms with Crippen molar-refractivity contribution < 1.29 is 27.5 Å². The highest BCUT2D eigenvalue weighted by molar-refractivity contribution is 7.89. The average molecular weight is 454 g/mol. The molecule has 1 unspecified atom stereocenters. The van der Waals surface area contributed by atoms with Crippen LogP contribution in [0.15, 0.2) is 18.2 Å². The van der Waals surface area contributed by atoms with Crippen molar-refractivity contribution in [1.82, 2.24) is 9.62 Å². The van der Waals surface area contributed by atoms with E-state index in [1.807, 2.05) is 0 Å². The zero-order valence-electron chi connectivity index (χ0n) is 18.5. The number of amides is 2. The van der Waals surface area contributed by atoms with Gasteiger partial charge in [-0.05, 0) is 26.7 Å². The molecule has 1 atom stereocenters. The van der Waals surface area contributed by atoms with Crippen LogP contribution in [-0.2, 0) is 19.6 Å². The standard InChI is InChI=1S/C21H31N3O6S/c1-5-31(27,28)23-13-19(25)24(16-10-17(29-3)12-18(11-16)30-4)21(2,14-23)20(26)22-15-8-6-7-9-15/h10-12,15H,5-9,13-14H2,1-4H3,(H,22,26). The maximum Gasteiger partial charge on any atom is 0.247 e. The molecule has 10 heteroatoms. The number of nitrogens with one attached hydrogen (secondary N) is 1. The van der Waals surface area contributed by atoms with Crippen LogP contribution in [0.3, 0.4) is 0 Å². The molecule has 1 N–H and O–H groups in total. The van der Waals surface area contributed by atoms with Gasteiger partial charge in [0.05, 0.1) is 32.2 Å². The highest BCUT2D eigenvalue weighted by atomic mass is 32.2. The van der Waals surface area contributed by atoms with Crippen LogP contribution in [0.1, 0.15) is 39.5 Å². The Labute approximate surface area is 183 Å². The van der Waals surface area contributed by atoms with Gasteiger partial charge < -0.3 is 14.8 Å². The van der Waals surface area contributed by atoms with Gasteiger partial charge in [-0.25, -0.2) is 8.42 Å². The first kappa shape index (κ1) is 23.3. The molecule has 1 saturated heterocycles. The molecule has 1 aliphatic heterocycles. The monoisotopic (exact) mass is 453 g/mol. The second-order valence-electron chi connectivity index (χ2n) is 8.20. The van der Waals surface area contributed by atoms with Crippen LogP contribution >= 0.6 is 0 Å². The molecule has 1 aromatic carbocycles. The van der Waals surface area contributed by atoms with Gasteiger partial charge in [-0.15, -0.1) is 0 Å². The Balaban J connectivity index is 2.06. The van der Waals surface area contributed by atoms with E-state index in [2.05, 4.69) is 5.32 Å². The van der Waals surface area contributed by atoms with E-state index in [0.717, 1.165) is 30.0 Å². The predicted octanol–water partition coefficient (Wildman–Crippen LogP) is 1.52. The van der Waals surface area contributed by atoms with Crippen LogP contribution in [0.4, 0.5) is 5.69 Å². The number of rotatable bonds is 7. The zero-order valence-corrected chi connectivity index (χ0v) is 19.3. The van der Waals surface area contributed by atoms with Crippen LogP contribution in [-0.4, -0.2) is 69.2 Å².